The fraction of sp³-hybridized carbons (Fsp3) is 1.00. The lowest BCUT2D eigenvalue weighted by Gasteiger charge is -2.16. The fourth-order valence-corrected chi connectivity index (χ4v) is 1.55. The van der Waals surface area contributed by atoms with Gasteiger partial charge in [-0.05, 0) is 33.0 Å². The zero-order valence-electron chi connectivity index (χ0n) is 8.08. The lowest BCUT2D eigenvalue weighted by Crippen LogP contribution is -2.28. The van der Waals surface area contributed by atoms with Crippen molar-refractivity contribution in [3.63, 3.8) is 0 Å². The topological polar surface area (TPSA) is 35.5 Å². The first-order chi connectivity index (χ1) is 5.72. The molecule has 0 spiro atoms. The molecule has 1 aliphatic rings. The van der Waals surface area contributed by atoms with Crippen LogP contribution in [0.1, 0.15) is 19.8 Å². The van der Waals surface area contributed by atoms with Gasteiger partial charge in [0.1, 0.15) is 0 Å². The van der Waals surface area contributed by atoms with Crippen LogP contribution in [0.25, 0.3) is 0 Å². The summed E-state index contributed by atoms with van der Waals surface area (Å²) in [5.74, 6) is 0. The maximum absolute atomic E-state index is 9.25. The normalized spacial score (nSPS) is 30.0. The van der Waals surface area contributed by atoms with Gasteiger partial charge in [-0.2, -0.15) is 0 Å². The summed E-state index contributed by atoms with van der Waals surface area (Å²) >= 11 is 0. The Bertz CT molecular complexity index is 130. The highest BCUT2D eigenvalue weighted by atomic mass is 16.3. The highest BCUT2D eigenvalue weighted by Gasteiger charge is 2.21. The van der Waals surface area contributed by atoms with Gasteiger partial charge in [0.2, 0.25) is 0 Å². The molecule has 12 heavy (non-hydrogen) atoms. The molecule has 2 atom stereocenters. The molecule has 72 valence electrons. The highest BCUT2D eigenvalue weighted by Crippen LogP contribution is 2.09. The molecule has 0 aromatic carbocycles. The molecule has 1 saturated heterocycles. The predicted molar refractivity (Wildman–Crippen MR) is 50.2 cm³/mol. The molecule has 0 aromatic heterocycles. The van der Waals surface area contributed by atoms with Crippen molar-refractivity contribution >= 4 is 0 Å². The van der Waals surface area contributed by atoms with Crippen molar-refractivity contribution < 1.29 is 5.11 Å². The van der Waals surface area contributed by atoms with Crippen molar-refractivity contribution in [1.29, 1.82) is 0 Å². The molecule has 1 rings (SSSR count). The Balaban J connectivity index is 2.07. The zero-order valence-corrected chi connectivity index (χ0v) is 8.08. The molecule has 0 bridgehead atoms. The maximum atomic E-state index is 9.25. The predicted octanol–water partition coefficient (Wildman–Crippen LogP) is 0.0510. The van der Waals surface area contributed by atoms with E-state index in [0.717, 1.165) is 32.5 Å². The lowest BCUT2D eigenvalue weighted by atomic mass is 10.1. The number of β-amino-alcohol motifs (C(OH)–C–C–N with tert-alkyl or cyclic N) is 1. The van der Waals surface area contributed by atoms with Gasteiger partial charge >= 0.3 is 0 Å². The summed E-state index contributed by atoms with van der Waals surface area (Å²) in [7, 11) is 2.13. The van der Waals surface area contributed by atoms with Crippen LogP contribution in [-0.4, -0.2) is 48.8 Å². The molecule has 0 aromatic rings. The van der Waals surface area contributed by atoms with E-state index in [4.69, 9.17) is 0 Å². The molecular weight excluding hydrogens is 152 g/mol. The van der Waals surface area contributed by atoms with Crippen LogP contribution in [0.5, 0.6) is 0 Å². The summed E-state index contributed by atoms with van der Waals surface area (Å²) in [5.41, 5.74) is 0. The molecule has 2 unspecified atom stereocenters. The highest BCUT2D eigenvalue weighted by molar-refractivity contribution is 4.81. The Kier molecular flexibility index (Phi) is 3.98. The Hall–Kier alpha value is -0.120. The second-order valence-corrected chi connectivity index (χ2v) is 3.68. The lowest BCUT2D eigenvalue weighted by molar-refractivity contribution is 0.191. The average Bonchev–Trinajstić information content (AvgIpc) is 2.47. The number of aliphatic hydroxyl groups is 1. The minimum absolute atomic E-state index is 0.109. The van der Waals surface area contributed by atoms with Crippen LogP contribution in [0.2, 0.25) is 0 Å². The van der Waals surface area contributed by atoms with Gasteiger partial charge in [-0.1, -0.05) is 6.92 Å². The maximum Gasteiger partial charge on any atom is 0.0679 e. The Labute approximate surface area is 74.8 Å². The average molecular weight is 172 g/mol. The Morgan fingerprint density at radius 1 is 1.58 bits per heavy atom. The second kappa shape index (κ2) is 4.80. The van der Waals surface area contributed by atoms with Crippen molar-refractivity contribution in [1.82, 2.24) is 10.2 Å². The molecule has 0 saturated carbocycles. The van der Waals surface area contributed by atoms with Gasteiger partial charge < -0.3 is 15.3 Å². The van der Waals surface area contributed by atoms with Gasteiger partial charge in [0.05, 0.1) is 6.10 Å². The molecule has 3 nitrogen and oxygen atoms in total. The van der Waals surface area contributed by atoms with E-state index in [1.807, 2.05) is 0 Å². The van der Waals surface area contributed by atoms with Gasteiger partial charge in [-0.25, -0.2) is 0 Å². The van der Waals surface area contributed by atoms with Crippen LogP contribution in [-0.2, 0) is 0 Å². The van der Waals surface area contributed by atoms with Crippen LogP contribution >= 0.6 is 0 Å². The molecule has 2 N–H and O–H groups in total. The summed E-state index contributed by atoms with van der Waals surface area (Å²) in [6, 6.07) is 0.536. The molecular formula is C9H20N2O. The first-order valence-electron chi connectivity index (χ1n) is 4.82. The zero-order chi connectivity index (χ0) is 8.97. The first-order valence-corrected chi connectivity index (χ1v) is 4.82. The van der Waals surface area contributed by atoms with Gasteiger partial charge in [-0.3, -0.25) is 0 Å². The smallest absolute Gasteiger partial charge is 0.0679 e. The van der Waals surface area contributed by atoms with Crippen LogP contribution in [0, 0.1) is 0 Å². The number of hydrogen-bond acceptors (Lipinski definition) is 3. The molecule has 0 aliphatic carbocycles. The number of hydrogen-bond donors (Lipinski definition) is 2. The monoisotopic (exact) mass is 172 g/mol. The second-order valence-electron chi connectivity index (χ2n) is 3.68. The summed E-state index contributed by atoms with van der Waals surface area (Å²) in [4.78, 5) is 2.30. The Morgan fingerprint density at radius 3 is 2.83 bits per heavy atom. The fourth-order valence-electron chi connectivity index (χ4n) is 1.55. The standard InChI is InChI=1S/C9H20N2O/c1-3-11(2)5-4-8-6-9(12)7-10-8/h8-10,12H,3-7H2,1-2H3. The SMILES string of the molecule is CCN(C)CCC1CC(O)CN1. The van der Waals surface area contributed by atoms with Crippen LogP contribution in [0.3, 0.4) is 0 Å². The van der Waals surface area contributed by atoms with Crippen molar-refractivity contribution in [2.24, 2.45) is 0 Å². The van der Waals surface area contributed by atoms with E-state index in [2.05, 4.69) is 24.2 Å². The quantitative estimate of drug-likeness (QED) is 0.629. The number of nitrogens with zero attached hydrogens (tertiary/aromatic N) is 1. The largest absolute Gasteiger partial charge is 0.392 e. The molecule has 0 radical (unpaired) electrons. The third-order valence-corrected chi connectivity index (χ3v) is 2.60. The van der Waals surface area contributed by atoms with E-state index < -0.39 is 0 Å². The van der Waals surface area contributed by atoms with Gasteiger partial charge in [0, 0.05) is 12.6 Å². The minimum atomic E-state index is -0.109. The number of aliphatic hydroxyl groups excluding tert-OH is 1. The summed E-state index contributed by atoms with van der Waals surface area (Å²) in [5, 5.41) is 12.6. The van der Waals surface area contributed by atoms with Gasteiger partial charge in [0.25, 0.3) is 0 Å². The van der Waals surface area contributed by atoms with E-state index in [1.165, 1.54) is 0 Å². The summed E-state index contributed by atoms with van der Waals surface area (Å²) in [6.45, 7) is 5.17. The molecule has 1 fully saturated rings. The van der Waals surface area contributed by atoms with E-state index in [1.54, 1.807) is 0 Å². The first kappa shape index (κ1) is 9.96. The van der Waals surface area contributed by atoms with Crippen molar-refractivity contribution in [2.75, 3.05) is 26.7 Å². The van der Waals surface area contributed by atoms with Crippen molar-refractivity contribution in [2.45, 2.75) is 31.9 Å². The third kappa shape index (κ3) is 3.09. The third-order valence-electron chi connectivity index (χ3n) is 2.60. The molecule has 1 aliphatic heterocycles. The van der Waals surface area contributed by atoms with Gasteiger partial charge in [-0.15, -0.1) is 0 Å². The van der Waals surface area contributed by atoms with E-state index in [0.29, 0.717) is 6.04 Å². The van der Waals surface area contributed by atoms with E-state index in [-0.39, 0.29) is 6.10 Å². The molecule has 0 amide bonds. The number of rotatable bonds is 4. The van der Waals surface area contributed by atoms with E-state index in [9.17, 15) is 5.11 Å². The summed E-state index contributed by atoms with van der Waals surface area (Å²) < 4.78 is 0. The van der Waals surface area contributed by atoms with Crippen molar-refractivity contribution in [3.8, 4) is 0 Å². The Morgan fingerprint density at radius 2 is 2.33 bits per heavy atom. The summed E-state index contributed by atoms with van der Waals surface area (Å²) in [6.07, 6.45) is 1.97. The molecule has 3 heteroatoms. The minimum Gasteiger partial charge on any atom is -0.392 e. The van der Waals surface area contributed by atoms with E-state index >= 15 is 0 Å². The number of nitrogens with one attached hydrogen (secondary N) is 1. The van der Waals surface area contributed by atoms with Gasteiger partial charge in [0.15, 0.2) is 0 Å². The van der Waals surface area contributed by atoms with Crippen LogP contribution < -0.4 is 5.32 Å². The van der Waals surface area contributed by atoms with Crippen LogP contribution in [0.4, 0.5) is 0 Å². The van der Waals surface area contributed by atoms with Crippen LogP contribution in [0.15, 0.2) is 0 Å². The van der Waals surface area contributed by atoms with Crippen molar-refractivity contribution in [3.05, 3.63) is 0 Å². The molecule has 1 heterocycles.